The molecule has 38 heavy (non-hydrogen) atoms. The molecular weight excluding hydrogens is 491 g/mol. The van der Waals surface area contributed by atoms with Gasteiger partial charge in [0.1, 0.15) is 22.6 Å². The Bertz CT molecular complexity index is 1120. The minimum Gasteiger partial charge on any atom is -0.480 e. The third-order valence-electron chi connectivity index (χ3n) is 5.48. The fourth-order valence-corrected chi connectivity index (χ4v) is 3.78. The molecular formula is C29H39FN2O6. The molecule has 9 heteroatoms. The number of aliphatic carboxylic acids is 1. The Balaban J connectivity index is 2.17. The number of rotatable bonds is 9. The average Bonchev–Trinajstić information content (AvgIpc) is 2.74. The van der Waals surface area contributed by atoms with Gasteiger partial charge in [0.2, 0.25) is 0 Å². The Morgan fingerprint density at radius 2 is 1.42 bits per heavy atom. The van der Waals surface area contributed by atoms with Crippen molar-refractivity contribution in [3.63, 3.8) is 0 Å². The minimum atomic E-state index is -1.59. The maximum absolute atomic E-state index is 13.5. The lowest BCUT2D eigenvalue weighted by atomic mass is 9.91. The summed E-state index contributed by atoms with van der Waals surface area (Å²) in [4.78, 5) is 36.8. The molecule has 0 aliphatic rings. The van der Waals surface area contributed by atoms with Crippen LogP contribution < -0.4 is 10.6 Å². The van der Waals surface area contributed by atoms with Gasteiger partial charge in [0.05, 0.1) is 6.04 Å². The van der Waals surface area contributed by atoms with Crippen molar-refractivity contribution in [2.75, 3.05) is 0 Å². The first kappa shape index (κ1) is 30.6. The fourth-order valence-electron chi connectivity index (χ4n) is 3.78. The number of hydrogen-bond acceptors (Lipinski definition) is 5. The summed E-state index contributed by atoms with van der Waals surface area (Å²) in [5, 5.41) is 15.2. The largest absolute Gasteiger partial charge is 0.480 e. The van der Waals surface area contributed by atoms with Gasteiger partial charge in [-0.25, -0.2) is 18.8 Å². The monoisotopic (exact) mass is 530 g/mol. The molecule has 0 radical (unpaired) electrons. The molecule has 0 aliphatic carbocycles. The van der Waals surface area contributed by atoms with Crippen LogP contribution in [0.1, 0.15) is 77.6 Å². The summed E-state index contributed by atoms with van der Waals surface area (Å²) in [6, 6.07) is 12.8. The summed E-state index contributed by atoms with van der Waals surface area (Å²) in [6.45, 7) is 11.8. The molecule has 3 N–H and O–H groups in total. The standard InChI is InChI=1S/C29H39FN2O6/c1-27(2,3)37-25(35)31-23(21-12-14-22(30)15-13-21)16-11-19-9-8-10-20(17-19)18-29(7,24(33)34)32-26(36)38-28(4,5)6/h8-10,12-15,17,23H,11,16,18H2,1-7H3,(H,31,35)(H,32,36)(H,33,34). The van der Waals surface area contributed by atoms with E-state index >= 15 is 0 Å². The molecule has 0 spiro atoms. The van der Waals surface area contributed by atoms with Gasteiger partial charge in [0.15, 0.2) is 0 Å². The van der Waals surface area contributed by atoms with Crippen LogP contribution in [0.5, 0.6) is 0 Å². The van der Waals surface area contributed by atoms with Crippen molar-refractivity contribution in [1.29, 1.82) is 0 Å². The third-order valence-corrected chi connectivity index (χ3v) is 5.48. The van der Waals surface area contributed by atoms with Gasteiger partial charge in [-0.1, -0.05) is 36.4 Å². The number of hydrogen-bond donors (Lipinski definition) is 3. The summed E-state index contributed by atoms with van der Waals surface area (Å²) in [5.74, 6) is -1.56. The number of amides is 2. The van der Waals surface area contributed by atoms with E-state index in [4.69, 9.17) is 9.47 Å². The number of carbonyl (C=O) groups is 3. The number of carboxylic acids is 1. The van der Waals surface area contributed by atoms with E-state index < -0.39 is 40.9 Å². The zero-order valence-corrected chi connectivity index (χ0v) is 23.2. The van der Waals surface area contributed by atoms with Crippen molar-refractivity contribution in [2.45, 2.75) is 90.5 Å². The van der Waals surface area contributed by atoms with E-state index in [9.17, 15) is 23.9 Å². The van der Waals surface area contributed by atoms with Crippen LogP contribution in [0.2, 0.25) is 0 Å². The molecule has 2 aromatic carbocycles. The third kappa shape index (κ3) is 10.4. The van der Waals surface area contributed by atoms with Gasteiger partial charge in [0.25, 0.3) is 0 Å². The molecule has 0 bridgehead atoms. The zero-order chi connectivity index (χ0) is 28.7. The molecule has 2 aromatic rings. The number of ether oxygens (including phenoxy) is 2. The molecule has 0 heterocycles. The number of carbonyl (C=O) groups excluding carboxylic acids is 2. The SMILES string of the molecule is CC(C)(C)OC(=O)NC(CCc1cccc(CC(C)(NC(=O)OC(C)(C)C)C(=O)O)c1)c1ccc(F)cc1. The highest BCUT2D eigenvalue weighted by atomic mass is 19.1. The predicted octanol–water partition coefficient (Wildman–Crippen LogP) is 5.93. The molecule has 2 atom stereocenters. The van der Waals surface area contributed by atoms with Gasteiger partial charge in [0, 0.05) is 6.42 Å². The smallest absolute Gasteiger partial charge is 0.408 e. The van der Waals surface area contributed by atoms with Crippen LogP contribution in [0, 0.1) is 5.82 Å². The van der Waals surface area contributed by atoms with Crippen LogP contribution in [0.3, 0.4) is 0 Å². The lowest BCUT2D eigenvalue weighted by Crippen LogP contribution is -2.54. The molecule has 0 fully saturated rings. The molecule has 208 valence electrons. The van der Waals surface area contributed by atoms with Crippen LogP contribution in [0.15, 0.2) is 48.5 Å². The van der Waals surface area contributed by atoms with Crippen LogP contribution in [0.4, 0.5) is 14.0 Å². The molecule has 0 aliphatic heterocycles. The lowest BCUT2D eigenvalue weighted by molar-refractivity contribution is -0.144. The molecule has 2 unspecified atom stereocenters. The van der Waals surface area contributed by atoms with Crippen molar-refractivity contribution in [1.82, 2.24) is 10.6 Å². The van der Waals surface area contributed by atoms with Gasteiger partial charge in [-0.05, 0) is 90.1 Å². The molecule has 2 amide bonds. The van der Waals surface area contributed by atoms with E-state index in [1.807, 2.05) is 18.2 Å². The molecule has 0 saturated carbocycles. The number of benzene rings is 2. The minimum absolute atomic E-state index is 0.0347. The maximum atomic E-state index is 13.5. The second kappa shape index (κ2) is 12.3. The number of carboxylic acid groups (broad SMARTS) is 1. The highest BCUT2D eigenvalue weighted by Crippen LogP contribution is 2.23. The van der Waals surface area contributed by atoms with E-state index in [1.165, 1.54) is 19.1 Å². The summed E-state index contributed by atoms with van der Waals surface area (Å²) >= 11 is 0. The van der Waals surface area contributed by atoms with Crippen molar-refractivity contribution < 1.29 is 33.4 Å². The van der Waals surface area contributed by atoms with E-state index in [-0.39, 0.29) is 12.2 Å². The first-order chi connectivity index (χ1) is 17.5. The molecule has 0 saturated heterocycles. The number of nitrogens with one attached hydrogen (secondary N) is 2. The first-order valence-electron chi connectivity index (χ1n) is 12.5. The maximum Gasteiger partial charge on any atom is 0.408 e. The molecule has 2 rings (SSSR count). The summed E-state index contributed by atoms with van der Waals surface area (Å²) in [7, 11) is 0. The fraction of sp³-hybridized carbons (Fsp3) is 0.483. The Morgan fingerprint density at radius 3 is 1.97 bits per heavy atom. The predicted molar refractivity (Wildman–Crippen MR) is 142 cm³/mol. The van der Waals surface area contributed by atoms with E-state index in [2.05, 4.69) is 10.6 Å². The summed E-state index contributed by atoms with van der Waals surface area (Å²) < 4.78 is 24.1. The Labute approximate surface area is 223 Å². The highest BCUT2D eigenvalue weighted by Gasteiger charge is 2.36. The number of alkyl carbamates (subject to hydrolysis) is 2. The van der Waals surface area contributed by atoms with Gasteiger partial charge in [-0.2, -0.15) is 0 Å². The first-order valence-corrected chi connectivity index (χ1v) is 12.5. The van der Waals surface area contributed by atoms with E-state index in [0.29, 0.717) is 18.4 Å². The molecule has 0 aromatic heterocycles. The van der Waals surface area contributed by atoms with E-state index in [0.717, 1.165) is 11.1 Å². The number of aryl methyl sites for hydroxylation is 1. The highest BCUT2D eigenvalue weighted by molar-refractivity contribution is 5.84. The second-order valence-corrected chi connectivity index (χ2v) is 11.5. The van der Waals surface area contributed by atoms with Crippen molar-refractivity contribution >= 4 is 18.2 Å². The van der Waals surface area contributed by atoms with Crippen molar-refractivity contribution in [3.8, 4) is 0 Å². The van der Waals surface area contributed by atoms with Crippen LogP contribution in [-0.4, -0.2) is 40.0 Å². The van der Waals surface area contributed by atoms with E-state index in [1.54, 1.807) is 59.7 Å². The van der Waals surface area contributed by atoms with Gasteiger partial charge in [-0.15, -0.1) is 0 Å². The Hall–Kier alpha value is -3.62. The van der Waals surface area contributed by atoms with Crippen molar-refractivity contribution in [2.24, 2.45) is 0 Å². The zero-order valence-electron chi connectivity index (χ0n) is 23.2. The van der Waals surface area contributed by atoms with Crippen LogP contribution in [0.25, 0.3) is 0 Å². The summed E-state index contributed by atoms with van der Waals surface area (Å²) in [5.41, 5.74) is -0.676. The second-order valence-electron chi connectivity index (χ2n) is 11.5. The quantitative estimate of drug-likeness (QED) is 0.370. The van der Waals surface area contributed by atoms with Gasteiger partial charge < -0.3 is 25.2 Å². The Kier molecular flexibility index (Phi) is 9.89. The average molecular weight is 531 g/mol. The van der Waals surface area contributed by atoms with Gasteiger partial charge in [-0.3, -0.25) is 0 Å². The topological polar surface area (TPSA) is 114 Å². The Morgan fingerprint density at radius 1 is 0.868 bits per heavy atom. The van der Waals surface area contributed by atoms with Gasteiger partial charge >= 0.3 is 18.2 Å². The normalized spacial score (nSPS) is 14.1. The lowest BCUT2D eigenvalue weighted by Gasteiger charge is -2.28. The van der Waals surface area contributed by atoms with Crippen molar-refractivity contribution in [3.05, 3.63) is 71.0 Å². The van der Waals surface area contributed by atoms with Crippen LogP contribution >= 0.6 is 0 Å². The summed E-state index contributed by atoms with van der Waals surface area (Å²) in [6.07, 6.45) is -0.331. The van der Waals surface area contributed by atoms with Crippen LogP contribution in [-0.2, 0) is 27.1 Å². The number of halogens is 1. The molecule has 8 nitrogen and oxygen atoms in total.